The van der Waals surface area contributed by atoms with Crippen molar-refractivity contribution >= 4 is 17.6 Å². The fourth-order valence-corrected chi connectivity index (χ4v) is 3.52. The lowest BCUT2D eigenvalue weighted by Gasteiger charge is -2.15. The highest BCUT2D eigenvalue weighted by Crippen LogP contribution is 2.27. The third-order valence-corrected chi connectivity index (χ3v) is 5.06. The van der Waals surface area contributed by atoms with E-state index < -0.39 is 17.5 Å². The van der Waals surface area contributed by atoms with Gasteiger partial charge in [-0.15, -0.1) is 13.2 Å². The van der Waals surface area contributed by atoms with E-state index in [2.05, 4.69) is 20.1 Å². The van der Waals surface area contributed by atoms with Crippen LogP contribution in [0, 0.1) is 12.3 Å². The molecule has 2 aromatic heterocycles. The van der Waals surface area contributed by atoms with E-state index in [1.165, 1.54) is 35.2 Å². The first-order chi connectivity index (χ1) is 17.2. The predicted molar refractivity (Wildman–Crippen MR) is 131 cm³/mol. The standard InChI is InChI=1S/C26H20F3N5O2/c1-17-15-18(21-7-2-3-13-31-21)8-9-23(17)34-14-11-24(35)25(33-34)22(10-12-30)32-19-5-4-6-20(16-19)36-26(27,28)29/h2-16,30,32H,1H3/b22-10-,30-12?. The highest BCUT2D eigenvalue weighted by atomic mass is 19.4. The van der Waals surface area contributed by atoms with Gasteiger partial charge in [0.25, 0.3) is 0 Å². The second-order valence-electron chi connectivity index (χ2n) is 7.64. The van der Waals surface area contributed by atoms with Crippen molar-refractivity contribution in [1.29, 1.82) is 5.41 Å². The third kappa shape index (κ3) is 5.84. The van der Waals surface area contributed by atoms with Crippen LogP contribution >= 0.6 is 0 Å². The van der Waals surface area contributed by atoms with Crippen molar-refractivity contribution in [1.82, 2.24) is 14.8 Å². The van der Waals surface area contributed by atoms with Gasteiger partial charge in [-0.25, -0.2) is 4.68 Å². The number of anilines is 1. The fourth-order valence-electron chi connectivity index (χ4n) is 3.52. The van der Waals surface area contributed by atoms with E-state index in [1.54, 1.807) is 6.20 Å². The van der Waals surface area contributed by atoms with Crippen LogP contribution in [0.5, 0.6) is 5.75 Å². The normalized spacial score (nSPS) is 11.7. The molecule has 2 aromatic carbocycles. The second-order valence-corrected chi connectivity index (χ2v) is 7.64. The van der Waals surface area contributed by atoms with Gasteiger partial charge in [0.15, 0.2) is 5.69 Å². The number of nitrogens with one attached hydrogen (secondary N) is 2. The maximum atomic E-state index is 12.7. The minimum Gasteiger partial charge on any atom is -0.406 e. The van der Waals surface area contributed by atoms with Gasteiger partial charge in [0.2, 0.25) is 5.43 Å². The molecule has 0 atom stereocenters. The minimum absolute atomic E-state index is 0.0173. The lowest BCUT2D eigenvalue weighted by Crippen LogP contribution is -2.19. The van der Waals surface area contributed by atoms with Crippen LogP contribution in [-0.4, -0.2) is 27.3 Å². The van der Waals surface area contributed by atoms with E-state index >= 15 is 0 Å². The Morgan fingerprint density at radius 1 is 1.08 bits per heavy atom. The Morgan fingerprint density at radius 2 is 1.92 bits per heavy atom. The van der Waals surface area contributed by atoms with Gasteiger partial charge in [0.1, 0.15) is 5.75 Å². The number of alkyl halides is 3. The largest absolute Gasteiger partial charge is 0.573 e. The number of pyridine rings is 1. The highest BCUT2D eigenvalue weighted by Gasteiger charge is 2.31. The van der Waals surface area contributed by atoms with Crippen LogP contribution in [-0.2, 0) is 0 Å². The number of rotatable bonds is 7. The van der Waals surface area contributed by atoms with Crippen molar-refractivity contribution < 1.29 is 17.9 Å². The molecule has 0 spiro atoms. The number of nitrogens with zero attached hydrogens (tertiary/aromatic N) is 3. The SMILES string of the molecule is Cc1cc(-c2ccccn2)ccc1-n1ccc(=O)c(/C(=C/C=N)Nc2cccc(OC(F)(F)F)c2)n1. The fraction of sp³-hybridized carbons (Fsp3) is 0.0769. The lowest BCUT2D eigenvalue weighted by molar-refractivity contribution is -0.274. The molecule has 0 bridgehead atoms. The first kappa shape index (κ1) is 24.4. The van der Waals surface area contributed by atoms with Gasteiger partial charge in [0, 0.05) is 42.0 Å². The monoisotopic (exact) mass is 491 g/mol. The van der Waals surface area contributed by atoms with Gasteiger partial charge in [-0.1, -0.05) is 18.2 Å². The molecule has 0 amide bonds. The number of ether oxygens (including phenoxy) is 1. The Labute approximate surface area is 204 Å². The summed E-state index contributed by atoms with van der Waals surface area (Å²) in [6.45, 7) is 1.90. The number of hydrogen-bond donors (Lipinski definition) is 2. The minimum atomic E-state index is -4.84. The molecular formula is C26H20F3N5O2. The Kier molecular flexibility index (Phi) is 6.95. The molecule has 182 valence electrons. The van der Waals surface area contributed by atoms with E-state index in [1.807, 2.05) is 43.3 Å². The molecule has 36 heavy (non-hydrogen) atoms. The summed E-state index contributed by atoms with van der Waals surface area (Å²) in [6.07, 6.45) is 0.634. The summed E-state index contributed by atoms with van der Waals surface area (Å²) in [4.78, 5) is 17.0. The quantitative estimate of drug-likeness (QED) is 0.328. The molecule has 0 fully saturated rings. The van der Waals surface area contributed by atoms with Crippen LogP contribution < -0.4 is 15.5 Å². The van der Waals surface area contributed by atoms with Crippen molar-refractivity contribution in [3.8, 4) is 22.7 Å². The Hall–Kier alpha value is -4.73. The lowest BCUT2D eigenvalue weighted by atomic mass is 10.1. The molecule has 4 aromatic rings. The first-order valence-electron chi connectivity index (χ1n) is 10.7. The first-order valence-corrected chi connectivity index (χ1v) is 10.7. The highest BCUT2D eigenvalue weighted by molar-refractivity contribution is 5.87. The van der Waals surface area contributed by atoms with Crippen LogP contribution in [0.2, 0.25) is 0 Å². The van der Waals surface area contributed by atoms with Crippen molar-refractivity contribution in [2.75, 3.05) is 5.32 Å². The maximum absolute atomic E-state index is 12.7. The number of aromatic nitrogens is 3. The molecule has 0 radical (unpaired) electrons. The average molecular weight is 491 g/mol. The third-order valence-electron chi connectivity index (χ3n) is 5.06. The number of hydrogen-bond acceptors (Lipinski definition) is 6. The number of aryl methyl sites for hydroxylation is 1. The van der Waals surface area contributed by atoms with E-state index in [9.17, 15) is 18.0 Å². The van der Waals surface area contributed by atoms with Gasteiger partial charge in [-0.05, 0) is 55.0 Å². The van der Waals surface area contributed by atoms with Crippen molar-refractivity contribution in [3.05, 3.63) is 107 Å². The number of allylic oxidation sites excluding steroid dienone is 1. The number of halogens is 3. The molecule has 2 heterocycles. The molecule has 0 unspecified atom stereocenters. The molecule has 7 nitrogen and oxygen atoms in total. The molecule has 10 heteroatoms. The molecular weight excluding hydrogens is 471 g/mol. The summed E-state index contributed by atoms with van der Waals surface area (Å²) in [7, 11) is 0. The summed E-state index contributed by atoms with van der Waals surface area (Å²) < 4.78 is 43.3. The van der Waals surface area contributed by atoms with Gasteiger partial charge >= 0.3 is 6.36 Å². The van der Waals surface area contributed by atoms with E-state index in [0.29, 0.717) is 5.69 Å². The molecule has 2 N–H and O–H groups in total. The summed E-state index contributed by atoms with van der Waals surface area (Å²) in [6, 6.07) is 17.8. The van der Waals surface area contributed by atoms with Crippen LogP contribution in [0.15, 0.2) is 90.0 Å². The summed E-state index contributed by atoms with van der Waals surface area (Å²) in [5.74, 6) is -0.427. The molecule has 4 rings (SSSR count). The van der Waals surface area contributed by atoms with Gasteiger partial charge in [-0.3, -0.25) is 9.78 Å². The summed E-state index contributed by atoms with van der Waals surface area (Å²) in [5, 5.41) is 14.8. The second kappa shape index (κ2) is 10.3. The molecule has 0 saturated heterocycles. The van der Waals surface area contributed by atoms with Crippen LogP contribution in [0.1, 0.15) is 11.3 Å². The van der Waals surface area contributed by atoms with Gasteiger partial charge in [0.05, 0.1) is 17.1 Å². The van der Waals surface area contributed by atoms with E-state index in [-0.39, 0.29) is 17.1 Å². The van der Waals surface area contributed by atoms with Crippen molar-refractivity contribution in [2.24, 2.45) is 0 Å². The van der Waals surface area contributed by atoms with Crippen LogP contribution in [0.4, 0.5) is 18.9 Å². The predicted octanol–water partition coefficient (Wildman–Crippen LogP) is 5.60. The van der Waals surface area contributed by atoms with Crippen molar-refractivity contribution in [2.45, 2.75) is 13.3 Å². The Bertz CT molecular complexity index is 1480. The molecule has 0 aliphatic rings. The molecule has 0 aliphatic heterocycles. The Balaban J connectivity index is 1.68. The van der Waals surface area contributed by atoms with Crippen molar-refractivity contribution in [3.63, 3.8) is 0 Å². The van der Waals surface area contributed by atoms with E-state index in [4.69, 9.17) is 5.41 Å². The van der Waals surface area contributed by atoms with Crippen LogP contribution in [0.25, 0.3) is 22.6 Å². The maximum Gasteiger partial charge on any atom is 0.573 e. The molecule has 0 aliphatic carbocycles. The topological polar surface area (TPSA) is 92.9 Å². The summed E-state index contributed by atoms with van der Waals surface area (Å²) >= 11 is 0. The van der Waals surface area contributed by atoms with Gasteiger partial charge < -0.3 is 15.5 Å². The summed E-state index contributed by atoms with van der Waals surface area (Å²) in [5.41, 5.74) is 3.23. The number of benzene rings is 2. The van der Waals surface area contributed by atoms with Crippen LogP contribution in [0.3, 0.4) is 0 Å². The zero-order chi connectivity index (χ0) is 25.7. The Morgan fingerprint density at radius 3 is 2.61 bits per heavy atom. The van der Waals surface area contributed by atoms with E-state index in [0.717, 1.165) is 35.2 Å². The smallest absolute Gasteiger partial charge is 0.406 e. The zero-order valence-corrected chi connectivity index (χ0v) is 19.0. The molecule has 0 saturated carbocycles. The average Bonchev–Trinajstić information content (AvgIpc) is 2.84. The van der Waals surface area contributed by atoms with Gasteiger partial charge in [-0.2, -0.15) is 5.10 Å². The zero-order valence-electron chi connectivity index (χ0n) is 19.0.